The second kappa shape index (κ2) is 8.28. The van der Waals surface area contributed by atoms with Crippen LogP contribution in [0, 0.1) is 5.92 Å². The highest BCUT2D eigenvalue weighted by atomic mass is 32.1. The Morgan fingerprint density at radius 3 is 2.60 bits per heavy atom. The maximum Gasteiger partial charge on any atom is 0.335 e. The smallest absolute Gasteiger partial charge is 0.335 e. The molecule has 154 valence electrons. The molecular weight excluding hydrogens is 398 g/mol. The van der Waals surface area contributed by atoms with Crippen molar-refractivity contribution >= 4 is 23.3 Å². The number of nitrogens with zero attached hydrogens (tertiary/aromatic N) is 2. The number of aromatic nitrogens is 1. The Labute approximate surface area is 180 Å². The predicted octanol–water partition coefficient (Wildman–Crippen LogP) is 4.67. The first-order valence-corrected chi connectivity index (χ1v) is 10.3. The minimum absolute atomic E-state index is 0.120. The summed E-state index contributed by atoms with van der Waals surface area (Å²) in [6.45, 7) is 5.11. The molecule has 0 saturated carbocycles. The van der Waals surface area contributed by atoms with Crippen LogP contribution in [-0.2, 0) is 0 Å². The van der Waals surface area contributed by atoms with Crippen molar-refractivity contribution in [1.82, 2.24) is 15.2 Å². The molecular formula is C23H23N3O3S. The predicted molar refractivity (Wildman–Crippen MR) is 118 cm³/mol. The van der Waals surface area contributed by atoms with Gasteiger partial charge >= 0.3 is 5.97 Å². The van der Waals surface area contributed by atoms with Crippen LogP contribution in [0.3, 0.4) is 0 Å². The number of pyridine rings is 1. The van der Waals surface area contributed by atoms with Crippen molar-refractivity contribution in [3.8, 4) is 11.3 Å². The van der Waals surface area contributed by atoms with Gasteiger partial charge in [-0.1, -0.05) is 32.0 Å². The van der Waals surface area contributed by atoms with Crippen LogP contribution in [0.2, 0.25) is 0 Å². The van der Waals surface area contributed by atoms with Crippen LogP contribution in [0.25, 0.3) is 11.3 Å². The van der Waals surface area contributed by atoms with E-state index < -0.39 is 5.97 Å². The Bertz CT molecular complexity index is 1050. The third kappa shape index (κ3) is 3.93. The molecule has 1 fully saturated rings. The summed E-state index contributed by atoms with van der Waals surface area (Å²) < 4.78 is 6.25. The lowest BCUT2D eigenvalue weighted by molar-refractivity contribution is 0.0697. The molecule has 4 rings (SSSR count). The highest BCUT2D eigenvalue weighted by Crippen LogP contribution is 2.40. The van der Waals surface area contributed by atoms with Gasteiger partial charge in [0, 0.05) is 18.3 Å². The molecule has 0 unspecified atom stereocenters. The summed E-state index contributed by atoms with van der Waals surface area (Å²) in [6.07, 6.45) is 1.78. The molecule has 2 N–H and O–H groups in total. The first kappa shape index (κ1) is 20.1. The zero-order valence-corrected chi connectivity index (χ0v) is 17.6. The molecule has 0 aliphatic carbocycles. The Morgan fingerprint density at radius 2 is 1.97 bits per heavy atom. The fraction of sp³-hybridized carbons (Fsp3) is 0.261. The van der Waals surface area contributed by atoms with Crippen molar-refractivity contribution in [2.75, 3.05) is 6.54 Å². The number of carboxylic acid groups (broad SMARTS) is 1. The van der Waals surface area contributed by atoms with Crippen LogP contribution in [-0.4, -0.2) is 32.6 Å². The van der Waals surface area contributed by atoms with Crippen LogP contribution < -0.4 is 5.32 Å². The number of thiocarbonyl (C=S) groups is 1. The summed E-state index contributed by atoms with van der Waals surface area (Å²) in [6, 6.07) is 16.1. The zero-order valence-electron chi connectivity index (χ0n) is 16.8. The molecule has 0 spiro atoms. The summed E-state index contributed by atoms with van der Waals surface area (Å²) in [4.78, 5) is 17.8. The molecule has 30 heavy (non-hydrogen) atoms. The molecule has 1 saturated heterocycles. The van der Waals surface area contributed by atoms with Crippen molar-refractivity contribution in [2.24, 2.45) is 5.92 Å². The SMILES string of the molecule is CC(C)CN1C(=S)N[C@@H](c2ccccn2)[C@@H]1c1ccc(-c2ccc(C(=O)O)cc2)o1. The van der Waals surface area contributed by atoms with E-state index in [1.54, 1.807) is 30.5 Å². The van der Waals surface area contributed by atoms with Gasteiger partial charge in [-0.3, -0.25) is 4.98 Å². The molecule has 6 nitrogen and oxygen atoms in total. The summed E-state index contributed by atoms with van der Waals surface area (Å²) in [5.74, 6) is 0.947. The van der Waals surface area contributed by atoms with Crippen LogP contribution in [0.4, 0.5) is 0 Å². The Morgan fingerprint density at radius 1 is 1.20 bits per heavy atom. The highest BCUT2D eigenvalue weighted by Gasteiger charge is 2.41. The van der Waals surface area contributed by atoms with Crippen molar-refractivity contribution in [3.63, 3.8) is 0 Å². The first-order valence-electron chi connectivity index (χ1n) is 9.85. The molecule has 3 aromatic rings. The summed E-state index contributed by atoms with van der Waals surface area (Å²) in [5.41, 5.74) is 1.97. The molecule has 2 atom stereocenters. The number of hydrogen-bond donors (Lipinski definition) is 2. The van der Waals surface area contributed by atoms with Gasteiger partial charge in [0.05, 0.1) is 17.3 Å². The van der Waals surface area contributed by atoms with E-state index in [-0.39, 0.29) is 17.6 Å². The lowest BCUT2D eigenvalue weighted by atomic mass is 10.0. The van der Waals surface area contributed by atoms with Gasteiger partial charge in [-0.25, -0.2) is 4.79 Å². The van der Waals surface area contributed by atoms with Gasteiger partial charge < -0.3 is 19.7 Å². The van der Waals surface area contributed by atoms with Crippen LogP contribution >= 0.6 is 12.2 Å². The average molecular weight is 422 g/mol. The summed E-state index contributed by atoms with van der Waals surface area (Å²) in [5, 5.41) is 13.2. The normalized spacial score (nSPS) is 18.6. The topological polar surface area (TPSA) is 78.6 Å². The zero-order chi connectivity index (χ0) is 21.3. The van der Waals surface area contributed by atoms with Crippen molar-refractivity contribution in [1.29, 1.82) is 0 Å². The molecule has 1 aliphatic heterocycles. The van der Waals surface area contributed by atoms with Crippen LogP contribution in [0.15, 0.2) is 65.2 Å². The number of nitrogens with one attached hydrogen (secondary N) is 1. The molecule has 7 heteroatoms. The van der Waals surface area contributed by atoms with Gasteiger partial charge in [0.1, 0.15) is 17.6 Å². The fourth-order valence-electron chi connectivity index (χ4n) is 3.75. The van der Waals surface area contributed by atoms with Crippen molar-refractivity contribution in [2.45, 2.75) is 25.9 Å². The lowest BCUT2D eigenvalue weighted by Gasteiger charge is -2.27. The van der Waals surface area contributed by atoms with Gasteiger partial charge in [-0.05, 0) is 54.5 Å². The van der Waals surface area contributed by atoms with E-state index in [0.29, 0.717) is 16.8 Å². The maximum atomic E-state index is 11.1. The van der Waals surface area contributed by atoms with E-state index in [1.165, 1.54) is 0 Å². The molecule has 0 radical (unpaired) electrons. The number of benzene rings is 1. The Kier molecular flexibility index (Phi) is 5.55. The standard InChI is InChI=1S/C23H23N3O3S/c1-14(2)13-26-21(20(25-23(26)30)17-5-3-4-12-24-17)19-11-10-18(29-19)15-6-8-16(9-7-15)22(27)28/h3-12,14,20-21H,13H2,1-2H3,(H,25,30)(H,27,28)/t20-,21-/m0/s1. The number of carboxylic acids is 1. The summed E-state index contributed by atoms with van der Waals surface area (Å²) >= 11 is 5.64. The third-order valence-electron chi connectivity index (χ3n) is 5.09. The van der Waals surface area contributed by atoms with Gasteiger partial charge in [-0.15, -0.1) is 0 Å². The third-order valence-corrected chi connectivity index (χ3v) is 5.45. The molecule has 1 aliphatic rings. The number of hydrogen-bond acceptors (Lipinski definition) is 4. The number of aromatic carboxylic acids is 1. The van der Waals surface area contributed by atoms with Gasteiger partial charge in [0.25, 0.3) is 0 Å². The largest absolute Gasteiger partial charge is 0.478 e. The quantitative estimate of drug-likeness (QED) is 0.560. The van der Waals surface area contributed by atoms with E-state index >= 15 is 0 Å². The Balaban J connectivity index is 1.69. The molecule has 3 heterocycles. The maximum absolute atomic E-state index is 11.1. The Hall–Kier alpha value is -3.19. The average Bonchev–Trinajstić information content (AvgIpc) is 3.33. The van der Waals surface area contributed by atoms with E-state index in [4.69, 9.17) is 21.7 Å². The van der Waals surface area contributed by atoms with E-state index in [0.717, 1.165) is 23.6 Å². The fourth-order valence-corrected chi connectivity index (χ4v) is 4.06. The highest BCUT2D eigenvalue weighted by molar-refractivity contribution is 7.80. The monoisotopic (exact) mass is 421 g/mol. The van der Waals surface area contributed by atoms with Gasteiger partial charge in [0.2, 0.25) is 0 Å². The molecule has 2 aromatic heterocycles. The lowest BCUT2D eigenvalue weighted by Crippen LogP contribution is -2.32. The minimum Gasteiger partial charge on any atom is -0.478 e. The minimum atomic E-state index is -0.949. The van der Waals surface area contributed by atoms with Gasteiger partial charge in [-0.2, -0.15) is 0 Å². The van der Waals surface area contributed by atoms with E-state index in [1.807, 2.05) is 30.3 Å². The first-order chi connectivity index (χ1) is 14.4. The number of furan rings is 1. The van der Waals surface area contributed by atoms with Crippen LogP contribution in [0.5, 0.6) is 0 Å². The second-order valence-corrected chi connectivity index (χ2v) is 8.14. The summed E-state index contributed by atoms with van der Waals surface area (Å²) in [7, 11) is 0. The van der Waals surface area contributed by atoms with E-state index in [2.05, 4.69) is 29.0 Å². The number of carbonyl (C=O) groups is 1. The molecule has 1 aromatic carbocycles. The van der Waals surface area contributed by atoms with E-state index in [9.17, 15) is 4.79 Å². The van der Waals surface area contributed by atoms with Crippen LogP contribution in [0.1, 0.15) is 47.7 Å². The number of rotatable bonds is 6. The van der Waals surface area contributed by atoms with Crippen molar-refractivity contribution < 1.29 is 14.3 Å². The van der Waals surface area contributed by atoms with Gasteiger partial charge in [0.15, 0.2) is 5.11 Å². The molecule has 0 bridgehead atoms. The second-order valence-electron chi connectivity index (χ2n) is 7.76. The molecule has 0 amide bonds. The van der Waals surface area contributed by atoms with Crippen molar-refractivity contribution in [3.05, 3.63) is 77.8 Å².